The first kappa shape index (κ1) is 19.5. The monoisotopic (exact) mass is 390 g/mol. The van der Waals surface area contributed by atoms with Crippen molar-refractivity contribution in [3.63, 3.8) is 0 Å². The van der Waals surface area contributed by atoms with E-state index in [1.54, 1.807) is 0 Å². The standard InChI is InChI=1S/C27H38N2/c1-3-4-5-6-20(2)25-28-23(26-13-7-21(8-14-26)9-15-26)19-24(29-25)27-16-10-22(11-17-27)12-18-27/h3,6,19,21-22H,1,4-5,7-18H2,2H3/b20-6+. The molecule has 29 heavy (non-hydrogen) atoms. The smallest absolute Gasteiger partial charge is 0.154 e. The lowest BCUT2D eigenvalue weighted by Gasteiger charge is -2.48. The normalized spacial score (nSPS) is 36.4. The van der Waals surface area contributed by atoms with E-state index in [2.05, 4.69) is 25.6 Å². The van der Waals surface area contributed by atoms with E-state index in [1.165, 1.54) is 94.0 Å². The highest BCUT2D eigenvalue weighted by atomic mass is 14.9. The van der Waals surface area contributed by atoms with E-state index < -0.39 is 0 Å². The first-order chi connectivity index (χ1) is 14.1. The number of hydrogen-bond donors (Lipinski definition) is 0. The van der Waals surface area contributed by atoms with Gasteiger partial charge in [0.1, 0.15) is 0 Å². The lowest BCUT2D eigenvalue weighted by atomic mass is 9.57. The maximum atomic E-state index is 5.27. The summed E-state index contributed by atoms with van der Waals surface area (Å²) in [7, 11) is 0. The molecule has 6 fully saturated rings. The SMILES string of the molecule is C=CCC/C=C(\C)c1nc(C23CCC(CC2)CC3)cc(C23CCC(CC2)CC3)n1. The minimum Gasteiger partial charge on any atom is -0.233 e. The number of fused-ring (bicyclic) bond motifs is 6. The summed E-state index contributed by atoms with van der Waals surface area (Å²) in [5.41, 5.74) is 4.73. The topological polar surface area (TPSA) is 25.8 Å². The second-order valence-electron chi connectivity index (χ2n) is 10.7. The third-order valence-electron chi connectivity index (χ3n) is 9.17. The molecule has 0 saturated heterocycles. The van der Waals surface area contributed by atoms with E-state index >= 15 is 0 Å². The summed E-state index contributed by atoms with van der Waals surface area (Å²) >= 11 is 0. The van der Waals surface area contributed by atoms with Crippen molar-refractivity contribution < 1.29 is 0 Å². The maximum Gasteiger partial charge on any atom is 0.154 e. The van der Waals surface area contributed by atoms with Crippen LogP contribution in [-0.2, 0) is 10.8 Å². The summed E-state index contributed by atoms with van der Waals surface area (Å²) < 4.78 is 0. The zero-order valence-corrected chi connectivity index (χ0v) is 18.4. The molecule has 6 aliphatic carbocycles. The largest absolute Gasteiger partial charge is 0.233 e. The molecule has 156 valence electrons. The van der Waals surface area contributed by atoms with Crippen molar-refractivity contribution in [3.8, 4) is 0 Å². The van der Waals surface area contributed by atoms with E-state index in [4.69, 9.17) is 9.97 Å². The Balaban J connectivity index is 1.56. The van der Waals surface area contributed by atoms with Crippen LogP contribution in [0.15, 0.2) is 24.8 Å². The predicted molar refractivity (Wildman–Crippen MR) is 121 cm³/mol. The fourth-order valence-corrected chi connectivity index (χ4v) is 6.94. The molecule has 4 bridgehead atoms. The van der Waals surface area contributed by atoms with Crippen LogP contribution in [0, 0.1) is 11.8 Å². The fraction of sp³-hybridized carbons (Fsp3) is 0.704. The van der Waals surface area contributed by atoms with Crippen LogP contribution in [-0.4, -0.2) is 9.97 Å². The first-order valence-corrected chi connectivity index (χ1v) is 12.3. The summed E-state index contributed by atoms with van der Waals surface area (Å²) in [6.45, 7) is 6.09. The van der Waals surface area contributed by atoms with Crippen LogP contribution < -0.4 is 0 Å². The lowest BCUT2D eigenvalue weighted by Crippen LogP contribution is -2.41. The van der Waals surface area contributed by atoms with Crippen molar-refractivity contribution >= 4 is 5.57 Å². The maximum absolute atomic E-state index is 5.27. The Morgan fingerprint density at radius 3 is 1.72 bits per heavy atom. The van der Waals surface area contributed by atoms with E-state index in [1.807, 2.05) is 6.08 Å². The number of aromatic nitrogens is 2. The molecule has 6 aliphatic rings. The van der Waals surface area contributed by atoms with Gasteiger partial charge in [-0.25, -0.2) is 9.97 Å². The molecule has 1 aromatic heterocycles. The summed E-state index contributed by atoms with van der Waals surface area (Å²) in [5, 5.41) is 0. The van der Waals surface area contributed by atoms with Gasteiger partial charge in [-0.1, -0.05) is 12.2 Å². The van der Waals surface area contributed by atoms with Crippen LogP contribution in [0.25, 0.3) is 5.57 Å². The molecule has 0 aromatic carbocycles. The molecule has 1 aromatic rings. The third kappa shape index (κ3) is 3.51. The van der Waals surface area contributed by atoms with Gasteiger partial charge in [0, 0.05) is 10.8 Å². The minimum atomic E-state index is 0.338. The molecule has 0 spiro atoms. The molecule has 0 atom stereocenters. The Morgan fingerprint density at radius 1 is 0.862 bits per heavy atom. The highest BCUT2D eigenvalue weighted by Crippen LogP contribution is 2.54. The van der Waals surface area contributed by atoms with Gasteiger partial charge in [0.05, 0.1) is 11.4 Å². The highest BCUT2D eigenvalue weighted by Gasteiger charge is 2.46. The fourth-order valence-electron chi connectivity index (χ4n) is 6.94. The Hall–Kier alpha value is -1.44. The molecule has 2 nitrogen and oxygen atoms in total. The van der Waals surface area contributed by atoms with Gasteiger partial charge in [-0.2, -0.15) is 0 Å². The first-order valence-electron chi connectivity index (χ1n) is 12.3. The summed E-state index contributed by atoms with van der Waals surface area (Å²) in [6, 6.07) is 2.50. The van der Waals surface area contributed by atoms with Gasteiger partial charge in [0.25, 0.3) is 0 Å². The molecular weight excluding hydrogens is 352 g/mol. The van der Waals surface area contributed by atoms with Crippen LogP contribution in [0.5, 0.6) is 0 Å². The average molecular weight is 391 g/mol. The van der Waals surface area contributed by atoms with Gasteiger partial charge >= 0.3 is 0 Å². The van der Waals surface area contributed by atoms with E-state index in [-0.39, 0.29) is 0 Å². The molecule has 0 radical (unpaired) electrons. The van der Waals surface area contributed by atoms with E-state index in [0.717, 1.165) is 30.5 Å². The molecule has 7 rings (SSSR count). The third-order valence-corrected chi connectivity index (χ3v) is 9.17. The Labute approximate surface area is 177 Å². The van der Waals surface area contributed by atoms with Gasteiger partial charge in [-0.3, -0.25) is 0 Å². The van der Waals surface area contributed by atoms with Crippen molar-refractivity contribution in [2.24, 2.45) is 11.8 Å². The van der Waals surface area contributed by atoms with Crippen LogP contribution in [0.4, 0.5) is 0 Å². The molecule has 0 aliphatic heterocycles. The average Bonchev–Trinajstić information content (AvgIpc) is 2.81. The summed E-state index contributed by atoms with van der Waals surface area (Å²) in [5.74, 6) is 3.00. The summed E-state index contributed by atoms with van der Waals surface area (Å²) in [4.78, 5) is 10.5. The van der Waals surface area contributed by atoms with E-state index in [0.29, 0.717) is 10.8 Å². The summed E-state index contributed by atoms with van der Waals surface area (Å²) in [6.07, 6.45) is 23.0. The second-order valence-corrected chi connectivity index (χ2v) is 10.7. The van der Waals surface area contributed by atoms with E-state index in [9.17, 15) is 0 Å². The number of allylic oxidation sites excluding steroid dienone is 3. The van der Waals surface area contributed by atoms with Crippen LogP contribution in [0.3, 0.4) is 0 Å². The van der Waals surface area contributed by atoms with Gasteiger partial charge in [0.15, 0.2) is 5.82 Å². The number of hydrogen-bond acceptors (Lipinski definition) is 2. The molecule has 1 heterocycles. The quantitative estimate of drug-likeness (QED) is 0.376. The van der Waals surface area contributed by atoms with Gasteiger partial charge in [0.2, 0.25) is 0 Å². The molecule has 0 N–H and O–H groups in total. The van der Waals surface area contributed by atoms with Crippen molar-refractivity contribution in [1.29, 1.82) is 0 Å². The highest BCUT2D eigenvalue weighted by molar-refractivity contribution is 5.58. The molecule has 0 amide bonds. The van der Waals surface area contributed by atoms with Gasteiger partial charge < -0.3 is 0 Å². The number of nitrogens with zero attached hydrogens (tertiary/aromatic N) is 2. The molecular formula is C27H38N2. The lowest BCUT2D eigenvalue weighted by molar-refractivity contribution is 0.125. The zero-order valence-electron chi connectivity index (χ0n) is 18.4. The second kappa shape index (κ2) is 7.67. The Kier molecular flexibility index (Phi) is 5.16. The number of unbranched alkanes of at least 4 members (excludes halogenated alkanes) is 1. The van der Waals surface area contributed by atoms with Crippen molar-refractivity contribution in [2.75, 3.05) is 0 Å². The Bertz CT molecular complexity index is 711. The molecule has 0 unspecified atom stereocenters. The van der Waals surface area contributed by atoms with Crippen molar-refractivity contribution in [2.45, 2.75) is 108 Å². The van der Waals surface area contributed by atoms with Gasteiger partial charge in [-0.15, -0.1) is 6.58 Å². The zero-order chi connectivity index (χ0) is 19.9. The predicted octanol–water partition coefficient (Wildman–Crippen LogP) is 7.29. The minimum absolute atomic E-state index is 0.338. The molecule has 2 heteroatoms. The van der Waals surface area contributed by atoms with Crippen LogP contribution in [0.2, 0.25) is 0 Å². The number of rotatable bonds is 6. The van der Waals surface area contributed by atoms with Crippen LogP contribution >= 0.6 is 0 Å². The van der Waals surface area contributed by atoms with Gasteiger partial charge in [-0.05, 0) is 120 Å². The van der Waals surface area contributed by atoms with Crippen molar-refractivity contribution in [1.82, 2.24) is 9.97 Å². The van der Waals surface area contributed by atoms with Crippen molar-refractivity contribution in [3.05, 3.63) is 42.0 Å². The molecule has 6 saturated carbocycles. The Morgan fingerprint density at radius 2 is 1.31 bits per heavy atom. The van der Waals surface area contributed by atoms with Crippen LogP contribution in [0.1, 0.15) is 114 Å².